The van der Waals surface area contributed by atoms with Gasteiger partial charge in [-0.2, -0.15) is 0 Å². The van der Waals surface area contributed by atoms with Crippen molar-refractivity contribution < 1.29 is 9.47 Å². The largest absolute Gasteiger partial charge is 0.388 e. The highest BCUT2D eigenvalue weighted by Crippen LogP contribution is 2.29. The average Bonchev–Trinajstić information content (AvgIpc) is 2.51. The van der Waals surface area contributed by atoms with Crippen LogP contribution in [0, 0.1) is 23.0 Å². The van der Waals surface area contributed by atoms with Gasteiger partial charge in [-0.15, -0.1) is 10.5 Å². The number of rotatable bonds is 4. The van der Waals surface area contributed by atoms with Crippen LogP contribution < -0.4 is 9.47 Å². The second-order valence-corrected chi connectivity index (χ2v) is 4.81. The van der Waals surface area contributed by atoms with E-state index < -0.39 is 0 Å². The predicted molar refractivity (Wildman–Crippen MR) is 82.7 cm³/mol. The molecule has 0 atom stereocenters. The molecular formula is C18H14N2O2. The fraction of sp³-hybridized carbons (Fsp3) is 0.111. The third-order valence-corrected chi connectivity index (χ3v) is 3.11. The molecule has 2 aromatic carbocycles. The molecule has 0 N–H and O–H groups in total. The molecule has 0 spiro atoms. The van der Waals surface area contributed by atoms with Crippen molar-refractivity contribution in [2.75, 3.05) is 0 Å². The molecule has 22 heavy (non-hydrogen) atoms. The Morgan fingerprint density at radius 3 is 1.36 bits per heavy atom. The summed E-state index contributed by atoms with van der Waals surface area (Å²) in [5, 5.41) is 17.0. The van der Waals surface area contributed by atoms with Crippen LogP contribution in [0.4, 0.5) is 0 Å². The van der Waals surface area contributed by atoms with Crippen LogP contribution in [0.3, 0.4) is 0 Å². The van der Waals surface area contributed by atoms with Crippen molar-refractivity contribution in [2.24, 2.45) is 0 Å². The van der Waals surface area contributed by atoms with E-state index in [0.717, 1.165) is 22.3 Å². The van der Waals surface area contributed by atoms with Crippen LogP contribution in [-0.4, -0.2) is 0 Å². The fourth-order valence-corrected chi connectivity index (χ4v) is 2.23. The number of allylic oxidation sites excluding steroid dienone is 1. The Morgan fingerprint density at radius 2 is 1.09 bits per heavy atom. The van der Waals surface area contributed by atoms with Crippen molar-refractivity contribution in [3.63, 3.8) is 0 Å². The monoisotopic (exact) mass is 290 g/mol. The van der Waals surface area contributed by atoms with Crippen LogP contribution in [0.25, 0.3) is 5.57 Å². The summed E-state index contributed by atoms with van der Waals surface area (Å²) in [4.78, 5) is 0. The Balaban J connectivity index is 2.37. The topological polar surface area (TPSA) is 66.0 Å². The lowest BCUT2D eigenvalue weighted by atomic mass is 9.94. The minimum Gasteiger partial charge on any atom is -0.388 e. The van der Waals surface area contributed by atoms with E-state index in [2.05, 4.69) is 0 Å². The van der Waals surface area contributed by atoms with Crippen molar-refractivity contribution in [1.82, 2.24) is 0 Å². The first-order valence-electron chi connectivity index (χ1n) is 6.66. The van der Waals surface area contributed by atoms with Crippen molar-refractivity contribution in [1.29, 1.82) is 10.5 Å². The lowest BCUT2D eigenvalue weighted by Crippen LogP contribution is -1.92. The number of hydrogen-bond acceptors (Lipinski definition) is 4. The minimum atomic E-state index is 0.511. The SMILES string of the molecule is CC(C)=C(c1ccc(OC#N)cc1)c1ccc(OC#N)cc1. The van der Waals surface area contributed by atoms with Crippen molar-refractivity contribution >= 4 is 5.57 Å². The molecule has 0 heterocycles. The second-order valence-electron chi connectivity index (χ2n) is 4.81. The molecule has 2 rings (SSSR count). The van der Waals surface area contributed by atoms with Gasteiger partial charge in [-0.1, -0.05) is 29.8 Å². The first kappa shape index (κ1) is 15.2. The van der Waals surface area contributed by atoms with E-state index >= 15 is 0 Å². The van der Waals surface area contributed by atoms with E-state index in [1.165, 1.54) is 0 Å². The van der Waals surface area contributed by atoms with Gasteiger partial charge in [0.25, 0.3) is 12.5 Å². The maximum Gasteiger partial charge on any atom is 0.292 e. The highest BCUT2D eigenvalue weighted by Gasteiger charge is 2.08. The van der Waals surface area contributed by atoms with Gasteiger partial charge in [-0.3, -0.25) is 0 Å². The second kappa shape index (κ2) is 6.97. The Bertz CT molecular complexity index is 695. The van der Waals surface area contributed by atoms with E-state index in [-0.39, 0.29) is 0 Å². The van der Waals surface area contributed by atoms with Gasteiger partial charge in [0, 0.05) is 0 Å². The van der Waals surface area contributed by atoms with Gasteiger partial charge in [-0.05, 0) is 54.8 Å². The standard InChI is InChI=1S/C18H14N2O2/c1-13(2)18(14-3-7-16(8-4-14)21-11-19)15-5-9-17(10-6-15)22-12-20/h3-10H,1-2H3. The number of hydrogen-bond donors (Lipinski definition) is 0. The molecule has 0 radical (unpaired) electrons. The Labute approximate surface area is 129 Å². The summed E-state index contributed by atoms with van der Waals surface area (Å²) in [6.07, 6.45) is 3.31. The number of nitrogens with zero attached hydrogens (tertiary/aromatic N) is 2. The normalized spacial score (nSPS) is 9.27. The summed E-state index contributed by atoms with van der Waals surface area (Å²) in [5.74, 6) is 1.02. The molecule has 0 aliphatic carbocycles. The molecule has 4 heteroatoms. The number of ether oxygens (including phenoxy) is 2. The van der Waals surface area contributed by atoms with Crippen LogP contribution >= 0.6 is 0 Å². The fourth-order valence-electron chi connectivity index (χ4n) is 2.23. The van der Waals surface area contributed by atoms with Crippen LogP contribution in [0.15, 0.2) is 54.1 Å². The summed E-state index contributed by atoms with van der Waals surface area (Å²) in [6, 6.07) is 14.7. The number of benzene rings is 2. The van der Waals surface area contributed by atoms with Gasteiger partial charge in [0.1, 0.15) is 11.5 Å². The first-order chi connectivity index (χ1) is 10.7. The van der Waals surface area contributed by atoms with Gasteiger partial charge in [0.2, 0.25) is 0 Å². The van der Waals surface area contributed by atoms with Crippen LogP contribution in [0.2, 0.25) is 0 Å². The maximum atomic E-state index is 8.52. The maximum absolute atomic E-state index is 8.52. The highest BCUT2D eigenvalue weighted by atomic mass is 16.5. The van der Waals surface area contributed by atoms with Gasteiger partial charge < -0.3 is 9.47 Å². The molecule has 0 saturated heterocycles. The lowest BCUT2D eigenvalue weighted by molar-refractivity contribution is 0.507. The van der Waals surface area contributed by atoms with Gasteiger partial charge in [0.15, 0.2) is 0 Å². The molecule has 0 bridgehead atoms. The van der Waals surface area contributed by atoms with E-state index in [9.17, 15) is 0 Å². The van der Waals surface area contributed by atoms with Gasteiger partial charge in [-0.25, -0.2) is 0 Å². The van der Waals surface area contributed by atoms with Crippen molar-refractivity contribution in [3.05, 3.63) is 65.2 Å². The molecule has 108 valence electrons. The third-order valence-electron chi connectivity index (χ3n) is 3.11. The Hall–Kier alpha value is -3.24. The lowest BCUT2D eigenvalue weighted by Gasteiger charge is -2.12. The zero-order chi connectivity index (χ0) is 15.9. The number of nitriles is 2. The zero-order valence-corrected chi connectivity index (χ0v) is 12.3. The summed E-state index contributed by atoms with van der Waals surface area (Å²) >= 11 is 0. The van der Waals surface area contributed by atoms with E-state index in [1.54, 1.807) is 36.8 Å². The molecule has 0 aromatic heterocycles. The van der Waals surface area contributed by atoms with Crippen LogP contribution in [0.5, 0.6) is 11.5 Å². The molecule has 0 amide bonds. The third kappa shape index (κ3) is 3.45. The van der Waals surface area contributed by atoms with Crippen molar-refractivity contribution in [3.8, 4) is 24.0 Å². The van der Waals surface area contributed by atoms with E-state index in [1.807, 2.05) is 38.1 Å². The van der Waals surface area contributed by atoms with Crippen molar-refractivity contribution in [2.45, 2.75) is 13.8 Å². The highest BCUT2D eigenvalue weighted by molar-refractivity contribution is 5.82. The zero-order valence-electron chi connectivity index (χ0n) is 12.3. The molecule has 0 saturated carbocycles. The summed E-state index contributed by atoms with van der Waals surface area (Å²) in [7, 11) is 0. The average molecular weight is 290 g/mol. The Morgan fingerprint density at radius 1 is 0.727 bits per heavy atom. The van der Waals surface area contributed by atoms with E-state index in [0.29, 0.717) is 11.5 Å². The quantitative estimate of drug-likeness (QED) is 0.789. The van der Waals surface area contributed by atoms with Crippen LogP contribution in [-0.2, 0) is 0 Å². The molecule has 0 unspecified atom stereocenters. The predicted octanol–water partition coefficient (Wildman–Crippen LogP) is 4.25. The summed E-state index contributed by atoms with van der Waals surface area (Å²) in [6.45, 7) is 4.07. The Kier molecular flexibility index (Phi) is 4.80. The molecular weight excluding hydrogens is 276 g/mol. The molecule has 2 aromatic rings. The smallest absolute Gasteiger partial charge is 0.292 e. The summed E-state index contributed by atoms with van der Waals surface area (Å²) < 4.78 is 9.58. The first-order valence-corrected chi connectivity index (χ1v) is 6.66. The summed E-state index contributed by atoms with van der Waals surface area (Å²) in [5.41, 5.74) is 4.30. The van der Waals surface area contributed by atoms with Crippen LogP contribution in [0.1, 0.15) is 25.0 Å². The molecule has 0 aliphatic heterocycles. The minimum absolute atomic E-state index is 0.511. The molecule has 0 aliphatic rings. The molecule has 0 fully saturated rings. The van der Waals surface area contributed by atoms with Gasteiger partial charge >= 0.3 is 0 Å². The van der Waals surface area contributed by atoms with E-state index in [4.69, 9.17) is 20.0 Å². The molecule has 4 nitrogen and oxygen atoms in total. The van der Waals surface area contributed by atoms with Gasteiger partial charge in [0.05, 0.1) is 0 Å².